The van der Waals surface area contributed by atoms with Crippen LogP contribution in [-0.2, 0) is 4.79 Å². The molecule has 3 heterocycles. The number of carbonyl (C=O) groups is 1. The number of hydrogen-bond acceptors (Lipinski definition) is 3. The van der Waals surface area contributed by atoms with Crippen LogP contribution >= 0.6 is 0 Å². The zero-order valence-corrected chi connectivity index (χ0v) is 13.7. The van der Waals surface area contributed by atoms with Gasteiger partial charge in [-0.3, -0.25) is 4.79 Å². The molecule has 1 aromatic rings. The minimum atomic E-state index is -0.0738. The number of piperidine rings is 1. The Morgan fingerprint density at radius 3 is 2.74 bits per heavy atom. The quantitative estimate of drug-likeness (QED) is 0.912. The van der Waals surface area contributed by atoms with Crippen molar-refractivity contribution < 1.29 is 9.53 Å². The summed E-state index contributed by atoms with van der Waals surface area (Å²) in [7, 11) is 0. The van der Waals surface area contributed by atoms with Crippen molar-refractivity contribution in [3.63, 3.8) is 0 Å². The topological polar surface area (TPSA) is 41.6 Å². The van der Waals surface area contributed by atoms with Gasteiger partial charge in [0.15, 0.2) is 0 Å². The molecule has 1 spiro atoms. The average Bonchev–Trinajstić information content (AvgIpc) is 3.10. The van der Waals surface area contributed by atoms with Gasteiger partial charge < -0.3 is 15.0 Å². The second-order valence-electron chi connectivity index (χ2n) is 7.27. The number of hydrogen-bond donors (Lipinski definition) is 1. The summed E-state index contributed by atoms with van der Waals surface area (Å²) in [6.07, 6.45) is 6.00. The van der Waals surface area contributed by atoms with E-state index in [0.29, 0.717) is 18.2 Å². The summed E-state index contributed by atoms with van der Waals surface area (Å²) in [5.41, 5.74) is 1.15. The Morgan fingerprint density at radius 2 is 1.96 bits per heavy atom. The molecule has 4 nitrogen and oxygen atoms in total. The molecule has 1 atom stereocenters. The Bertz CT molecular complexity index is 574. The molecule has 0 aliphatic carbocycles. The van der Waals surface area contributed by atoms with E-state index in [4.69, 9.17) is 4.74 Å². The highest BCUT2D eigenvalue weighted by molar-refractivity contribution is 5.77. The lowest BCUT2D eigenvalue weighted by Crippen LogP contribution is -2.49. The van der Waals surface area contributed by atoms with Crippen molar-refractivity contribution in [2.75, 3.05) is 26.2 Å². The van der Waals surface area contributed by atoms with Gasteiger partial charge in [-0.1, -0.05) is 18.2 Å². The summed E-state index contributed by atoms with van der Waals surface area (Å²) in [5, 5.41) is 3.43. The van der Waals surface area contributed by atoms with Gasteiger partial charge in [0.2, 0.25) is 5.91 Å². The van der Waals surface area contributed by atoms with Gasteiger partial charge in [0.25, 0.3) is 0 Å². The second kappa shape index (κ2) is 6.16. The van der Waals surface area contributed by atoms with Crippen molar-refractivity contribution in [2.24, 2.45) is 0 Å². The van der Waals surface area contributed by atoms with Crippen molar-refractivity contribution in [1.82, 2.24) is 10.2 Å². The van der Waals surface area contributed by atoms with Gasteiger partial charge in [0.1, 0.15) is 11.4 Å². The number of fused-ring (bicyclic) bond motifs is 1. The third-order valence-electron chi connectivity index (χ3n) is 5.70. The first-order chi connectivity index (χ1) is 11.3. The molecule has 4 rings (SSSR count). The smallest absolute Gasteiger partial charge is 0.223 e. The molecule has 3 aliphatic rings. The molecule has 3 aliphatic heterocycles. The molecule has 0 radical (unpaired) electrons. The molecule has 0 aromatic heterocycles. The number of ether oxygens (including phenoxy) is 1. The zero-order chi connectivity index (χ0) is 15.7. The SMILES string of the molecule is O=C(C[C@H]1CC2(CCNCC2)Oc2ccccc21)N1CCCC1. The van der Waals surface area contributed by atoms with Crippen LogP contribution in [0.1, 0.15) is 50.0 Å². The minimum Gasteiger partial charge on any atom is -0.487 e. The number of nitrogens with zero attached hydrogens (tertiary/aromatic N) is 1. The third kappa shape index (κ3) is 2.97. The lowest BCUT2D eigenvalue weighted by molar-refractivity contribution is -0.131. The lowest BCUT2D eigenvalue weighted by atomic mass is 9.76. The van der Waals surface area contributed by atoms with Gasteiger partial charge in [0, 0.05) is 25.4 Å². The standard InChI is InChI=1S/C19H26N2O2/c22-18(21-11-3-4-12-21)13-15-14-19(7-9-20-10-8-19)23-17-6-2-1-5-16(15)17/h1-2,5-6,15,20H,3-4,7-14H2/t15-/m0/s1. The predicted molar refractivity (Wildman–Crippen MR) is 89.7 cm³/mol. The van der Waals surface area contributed by atoms with Crippen molar-refractivity contribution >= 4 is 5.91 Å². The Hall–Kier alpha value is -1.55. The van der Waals surface area contributed by atoms with Crippen LogP contribution in [0.5, 0.6) is 5.75 Å². The number of para-hydroxylation sites is 1. The maximum Gasteiger partial charge on any atom is 0.223 e. The fourth-order valence-electron chi connectivity index (χ4n) is 4.42. The number of carbonyl (C=O) groups excluding carboxylic acids is 1. The van der Waals surface area contributed by atoms with Gasteiger partial charge in [0.05, 0.1) is 0 Å². The Morgan fingerprint density at radius 1 is 1.22 bits per heavy atom. The van der Waals surface area contributed by atoms with Gasteiger partial charge >= 0.3 is 0 Å². The van der Waals surface area contributed by atoms with Crippen molar-refractivity contribution in [3.05, 3.63) is 29.8 Å². The number of nitrogens with one attached hydrogen (secondary N) is 1. The van der Waals surface area contributed by atoms with Crippen LogP contribution in [0.25, 0.3) is 0 Å². The molecule has 1 amide bonds. The predicted octanol–water partition coefficient (Wildman–Crippen LogP) is 2.69. The number of amides is 1. The van der Waals surface area contributed by atoms with Crippen molar-refractivity contribution in [3.8, 4) is 5.75 Å². The van der Waals surface area contributed by atoms with E-state index < -0.39 is 0 Å². The summed E-state index contributed by atoms with van der Waals surface area (Å²) in [6, 6.07) is 8.32. The fraction of sp³-hybridized carbons (Fsp3) is 0.632. The molecule has 23 heavy (non-hydrogen) atoms. The van der Waals surface area contributed by atoms with E-state index in [0.717, 1.165) is 64.0 Å². The van der Waals surface area contributed by atoms with Crippen LogP contribution in [0.4, 0.5) is 0 Å². The first-order valence-electron chi connectivity index (χ1n) is 9.02. The van der Waals surface area contributed by atoms with E-state index in [9.17, 15) is 4.79 Å². The maximum absolute atomic E-state index is 12.7. The van der Waals surface area contributed by atoms with Crippen LogP contribution in [0.15, 0.2) is 24.3 Å². The summed E-state index contributed by atoms with van der Waals surface area (Å²) in [5.74, 6) is 1.62. The van der Waals surface area contributed by atoms with E-state index in [1.165, 1.54) is 5.56 Å². The molecule has 0 saturated carbocycles. The highest BCUT2D eigenvalue weighted by atomic mass is 16.5. The van der Waals surface area contributed by atoms with E-state index >= 15 is 0 Å². The van der Waals surface area contributed by atoms with Crippen LogP contribution in [0.2, 0.25) is 0 Å². The van der Waals surface area contributed by atoms with Crippen LogP contribution in [0.3, 0.4) is 0 Å². The van der Waals surface area contributed by atoms with Gasteiger partial charge in [-0.2, -0.15) is 0 Å². The van der Waals surface area contributed by atoms with E-state index in [-0.39, 0.29) is 5.60 Å². The highest BCUT2D eigenvalue weighted by Crippen LogP contribution is 2.46. The maximum atomic E-state index is 12.7. The van der Waals surface area contributed by atoms with Gasteiger partial charge in [-0.25, -0.2) is 0 Å². The number of likely N-dealkylation sites (tertiary alicyclic amines) is 1. The largest absolute Gasteiger partial charge is 0.487 e. The van der Waals surface area contributed by atoms with Crippen LogP contribution in [-0.4, -0.2) is 42.6 Å². The summed E-state index contributed by atoms with van der Waals surface area (Å²) in [6.45, 7) is 3.90. The summed E-state index contributed by atoms with van der Waals surface area (Å²) < 4.78 is 6.43. The molecule has 1 N–H and O–H groups in total. The Labute approximate surface area is 138 Å². The minimum absolute atomic E-state index is 0.0738. The van der Waals surface area contributed by atoms with E-state index in [2.05, 4.69) is 23.5 Å². The monoisotopic (exact) mass is 314 g/mol. The zero-order valence-electron chi connectivity index (χ0n) is 13.7. The summed E-state index contributed by atoms with van der Waals surface area (Å²) >= 11 is 0. The number of rotatable bonds is 2. The number of benzene rings is 1. The van der Waals surface area contributed by atoms with Gasteiger partial charge in [-0.05, 0) is 56.8 Å². The molecular formula is C19H26N2O2. The van der Waals surface area contributed by atoms with Gasteiger partial charge in [-0.15, -0.1) is 0 Å². The molecule has 2 fully saturated rings. The molecule has 124 valence electrons. The van der Waals surface area contributed by atoms with Crippen LogP contribution < -0.4 is 10.1 Å². The highest BCUT2D eigenvalue weighted by Gasteiger charge is 2.42. The molecule has 2 saturated heterocycles. The first kappa shape index (κ1) is 15.0. The lowest BCUT2D eigenvalue weighted by Gasteiger charge is -2.44. The van der Waals surface area contributed by atoms with E-state index in [1.54, 1.807) is 0 Å². The molecule has 0 unspecified atom stereocenters. The fourth-order valence-corrected chi connectivity index (χ4v) is 4.42. The second-order valence-corrected chi connectivity index (χ2v) is 7.27. The Kier molecular flexibility index (Phi) is 4.02. The average molecular weight is 314 g/mol. The molecule has 0 bridgehead atoms. The normalized spacial score (nSPS) is 25.9. The summed E-state index contributed by atoms with van der Waals surface area (Å²) in [4.78, 5) is 14.7. The van der Waals surface area contributed by atoms with E-state index in [1.807, 2.05) is 11.0 Å². The molecule has 1 aromatic carbocycles. The molecular weight excluding hydrogens is 288 g/mol. The van der Waals surface area contributed by atoms with Crippen molar-refractivity contribution in [2.45, 2.75) is 50.0 Å². The Balaban J connectivity index is 1.57. The van der Waals surface area contributed by atoms with Crippen LogP contribution in [0, 0.1) is 0 Å². The molecule has 4 heteroatoms. The third-order valence-corrected chi connectivity index (χ3v) is 5.70. The first-order valence-corrected chi connectivity index (χ1v) is 9.02. The van der Waals surface area contributed by atoms with Crippen molar-refractivity contribution in [1.29, 1.82) is 0 Å².